The molecule has 1 unspecified atom stereocenters. The number of aliphatic hydroxyl groups excluding tert-OH is 1. The minimum atomic E-state index is -0.327. The first-order chi connectivity index (χ1) is 11.1. The van der Waals surface area contributed by atoms with Gasteiger partial charge < -0.3 is 9.67 Å². The van der Waals surface area contributed by atoms with E-state index in [0.29, 0.717) is 11.8 Å². The zero-order chi connectivity index (χ0) is 16.7. The first kappa shape index (κ1) is 18.0. The van der Waals surface area contributed by atoms with E-state index in [1.165, 1.54) is 0 Å². The summed E-state index contributed by atoms with van der Waals surface area (Å²) in [5.74, 6) is 0. The van der Waals surface area contributed by atoms with Gasteiger partial charge in [0.2, 0.25) is 0 Å². The van der Waals surface area contributed by atoms with E-state index < -0.39 is 0 Å². The van der Waals surface area contributed by atoms with E-state index in [2.05, 4.69) is 46.8 Å². The van der Waals surface area contributed by atoms with Gasteiger partial charge >= 0.3 is 0 Å². The molecule has 0 saturated carbocycles. The Morgan fingerprint density at radius 3 is 2.65 bits per heavy atom. The van der Waals surface area contributed by atoms with Crippen LogP contribution in [0.25, 0.3) is 11.3 Å². The lowest BCUT2D eigenvalue weighted by Crippen LogP contribution is -2.29. The quantitative estimate of drug-likeness (QED) is 0.711. The maximum absolute atomic E-state index is 10.3. The summed E-state index contributed by atoms with van der Waals surface area (Å²) in [7, 11) is 0. The van der Waals surface area contributed by atoms with Crippen molar-refractivity contribution in [2.75, 3.05) is 13.1 Å². The summed E-state index contributed by atoms with van der Waals surface area (Å²) in [5, 5.41) is 10.9. The average Bonchev–Trinajstić information content (AvgIpc) is 3.01. The van der Waals surface area contributed by atoms with Crippen molar-refractivity contribution >= 4 is 11.9 Å². The van der Waals surface area contributed by atoms with Gasteiger partial charge in [0, 0.05) is 24.9 Å². The second-order valence-electron chi connectivity index (χ2n) is 5.92. The zero-order valence-electron chi connectivity index (χ0n) is 14.2. The summed E-state index contributed by atoms with van der Waals surface area (Å²) in [6.45, 7) is 8.91. The highest BCUT2D eigenvalue weighted by Crippen LogP contribution is 2.20. The second-order valence-corrected chi connectivity index (χ2v) is 7.59. The van der Waals surface area contributed by atoms with Gasteiger partial charge in [-0.15, -0.1) is 0 Å². The number of aryl methyl sites for hydroxylation is 1. The van der Waals surface area contributed by atoms with Crippen molar-refractivity contribution in [3.63, 3.8) is 0 Å². The average molecular weight is 334 g/mol. The van der Waals surface area contributed by atoms with Crippen LogP contribution in [0, 0.1) is 0 Å². The van der Waals surface area contributed by atoms with Crippen LogP contribution >= 0.6 is 11.9 Å². The first-order valence-electron chi connectivity index (χ1n) is 8.25. The van der Waals surface area contributed by atoms with Crippen molar-refractivity contribution in [2.24, 2.45) is 0 Å². The van der Waals surface area contributed by atoms with E-state index in [1.54, 1.807) is 11.9 Å². The third-order valence-corrected chi connectivity index (χ3v) is 4.74. The van der Waals surface area contributed by atoms with Gasteiger partial charge in [-0.1, -0.05) is 63.1 Å². The molecule has 1 heterocycles. The van der Waals surface area contributed by atoms with E-state index in [-0.39, 0.29) is 6.10 Å². The number of aliphatic hydroxyl groups is 1. The Labute approximate surface area is 143 Å². The summed E-state index contributed by atoms with van der Waals surface area (Å²) >= 11 is 1.81. The molecule has 1 atom stereocenters. The molecule has 0 amide bonds. The van der Waals surface area contributed by atoms with Crippen molar-refractivity contribution in [2.45, 2.75) is 45.1 Å². The molecule has 4 nitrogen and oxygen atoms in total. The summed E-state index contributed by atoms with van der Waals surface area (Å²) in [6.07, 6.45) is 4.13. The minimum absolute atomic E-state index is 0.327. The number of nitrogens with zero attached hydrogens (tertiary/aromatic N) is 3. The van der Waals surface area contributed by atoms with Crippen LogP contribution in [0.4, 0.5) is 0 Å². The lowest BCUT2D eigenvalue weighted by molar-refractivity contribution is 0.136. The Morgan fingerprint density at radius 1 is 1.26 bits per heavy atom. The summed E-state index contributed by atoms with van der Waals surface area (Å²) in [4.78, 5) is 4.26. The van der Waals surface area contributed by atoms with Crippen molar-refractivity contribution in [1.29, 1.82) is 0 Å². The predicted octanol–water partition coefficient (Wildman–Crippen LogP) is 3.68. The van der Waals surface area contributed by atoms with Crippen LogP contribution in [0.15, 0.2) is 42.9 Å². The molecule has 2 aromatic rings. The molecule has 23 heavy (non-hydrogen) atoms. The fraction of sp³-hybridized carbons (Fsp3) is 0.500. The summed E-state index contributed by atoms with van der Waals surface area (Å²) in [5.41, 5.74) is 2.26. The molecule has 5 heteroatoms. The van der Waals surface area contributed by atoms with Gasteiger partial charge in [0.25, 0.3) is 0 Å². The monoisotopic (exact) mass is 333 g/mol. The van der Waals surface area contributed by atoms with Crippen LogP contribution in [0.3, 0.4) is 0 Å². The van der Waals surface area contributed by atoms with Gasteiger partial charge in [-0.2, -0.15) is 0 Å². The van der Waals surface area contributed by atoms with Crippen molar-refractivity contribution in [3.8, 4) is 11.3 Å². The third-order valence-electron chi connectivity index (χ3n) is 3.61. The van der Waals surface area contributed by atoms with Gasteiger partial charge in [0.15, 0.2) is 0 Å². The molecule has 0 bridgehead atoms. The highest BCUT2D eigenvalue weighted by Gasteiger charge is 2.13. The maximum Gasteiger partial charge on any atom is 0.0950 e. The number of imidazole rings is 1. The topological polar surface area (TPSA) is 41.3 Å². The molecule has 2 rings (SSSR count). The summed E-state index contributed by atoms with van der Waals surface area (Å²) < 4.78 is 4.35. The van der Waals surface area contributed by atoms with Gasteiger partial charge in [-0.05, 0) is 12.0 Å². The molecule has 0 radical (unpaired) electrons. The smallest absolute Gasteiger partial charge is 0.0950 e. The number of rotatable bonds is 9. The molecule has 126 valence electrons. The van der Waals surface area contributed by atoms with Crippen molar-refractivity contribution in [1.82, 2.24) is 13.9 Å². The summed E-state index contributed by atoms with van der Waals surface area (Å²) in [6, 6.07) is 10.2. The Balaban J connectivity index is 1.90. The third kappa shape index (κ3) is 5.68. The van der Waals surface area contributed by atoms with Gasteiger partial charge in [0.1, 0.15) is 0 Å². The molecule has 1 aromatic carbocycles. The van der Waals surface area contributed by atoms with E-state index in [9.17, 15) is 5.11 Å². The van der Waals surface area contributed by atoms with Gasteiger partial charge in [-0.3, -0.25) is 0 Å². The minimum Gasteiger partial charge on any atom is -0.392 e. The normalized spacial score (nSPS) is 13.0. The molecule has 0 fully saturated rings. The number of hydrogen-bond acceptors (Lipinski definition) is 4. The molecule has 0 aliphatic rings. The van der Waals surface area contributed by atoms with Crippen LogP contribution < -0.4 is 0 Å². The number of likely N-dealkylation sites (N-methyl/N-ethyl adjacent to an activating group) is 1. The van der Waals surface area contributed by atoms with Gasteiger partial charge in [-0.25, -0.2) is 9.29 Å². The lowest BCUT2D eigenvalue weighted by atomic mass is 10.1. The number of hydrogen-bond donors (Lipinski definition) is 1. The Hall–Kier alpha value is -1.30. The molecule has 0 aliphatic carbocycles. The van der Waals surface area contributed by atoms with E-state index in [0.717, 1.165) is 30.8 Å². The lowest BCUT2D eigenvalue weighted by Gasteiger charge is -2.24. The molecule has 0 aliphatic heterocycles. The molecule has 1 N–H and O–H groups in total. The largest absolute Gasteiger partial charge is 0.392 e. The van der Waals surface area contributed by atoms with Crippen molar-refractivity contribution < 1.29 is 5.11 Å². The predicted molar refractivity (Wildman–Crippen MR) is 98.3 cm³/mol. The number of benzene rings is 1. The fourth-order valence-corrected chi connectivity index (χ4v) is 3.51. The second kappa shape index (κ2) is 9.11. The molecular formula is C18H27N3OS. The van der Waals surface area contributed by atoms with Crippen LogP contribution in [-0.4, -0.2) is 43.4 Å². The molecule has 1 aromatic heterocycles. The SMILES string of the molecule is CCN(CC(O)CCn1cncc1-c1ccccc1)SC(C)C. The maximum atomic E-state index is 10.3. The first-order valence-corrected chi connectivity index (χ1v) is 9.09. The Morgan fingerprint density at radius 2 is 2.00 bits per heavy atom. The highest BCUT2D eigenvalue weighted by molar-refractivity contribution is 7.97. The van der Waals surface area contributed by atoms with Gasteiger partial charge in [0.05, 0.1) is 24.3 Å². The molecular weight excluding hydrogens is 306 g/mol. The standard InChI is InChI=1S/C18H27N3OS/c1-4-21(23-15(2)3)13-17(22)10-11-20-14-19-12-18(20)16-8-6-5-7-9-16/h5-9,12,14-15,17,22H,4,10-11,13H2,1-3H3. The van der Waals surface area contributed by atoms with E-state index >= 15 is 0 Å². The van der Waals surface area contributed by atoms with Crippen LogP contribution in [0.2, 0.25) is 0 Å². The highest BCUT2D eigenvalue weighted by atomic mass is 32.2. The van der Waals surface area contributed by atoms with Crippen LogP contribution in [0.5, 0.6) is 0 Å². The van der Waals surface area contributed by atoms with Crippen molar-refractivity contribution in [3.05, 3.63) is 42.9 Å². The fourth-order valence-electron chi connectivity index (χ4n) is 2.51. The van der Waals surface area contributed by atoms with Crippen LogP contribution in [0.1, 0.15) is 27.2 Å². The Bertz CT molecular complexity index is 571. The van der Waals surface area contributed by atoms with E-state index in [1.807, 2.05) is 30.7 Å². The van der Waals surface area contributed by atoms with E-state index in [4.69, 9.17) is 0 Å². The Kier molecular flexibility index (Phi) is 7.15. The zero-order valence-corrected chi connectivity index (χ0v) is 15.0. The molecule has 0 saturated heterocycles. The number of aromatic nitrogens is 2. The van der Waals surface area contributed by atoms with Crippen LogP contribution in [-0.2, 0) is 6.54 Å². The molecule has 0 spiro atoms.